The van der Waals surface area contributed by atoms with Crippen LogP contribution in [0.5, 0.6) is 0 Å². The molecule has 0 radical (unpaired) electrons. The van der Waals surface area contributed by atoms with Crippen molar-refractivity contribution in [1.82, 2.24) is 5.32 Å². The summed E-state index contributed by atoms with van der Waals surface area (Å²) in [6, 6.07) is 25.7. The van der Waals surface area contributed by atoms with Crippen LogP contribution in [0.1, 0.15) is 60.5 Å². The average Bonchev–Trinajstić information content (AvgIpc) is 2.79. The topological polar surface area (TPSA) is 12.0 Å². The Balaban J connectivity index is 1.69. The first-order valence-corrected chi connectivity index (χ1v) is 11.5. The van der Waals surface area contributed by atoms with E-state index in [1.165, 1.54) is 22.3 Å². The quantitative estimate of drug-likeness (QED) is 0.342. The van der Waals surface area contributed by atoms with Crippen LogP contribution in [0.3, 0.4) is 0 Å². The van der Waals surface area contributed by atoms with Crippen molar-refractivity contribution in [3.05, 3.63) is 118 Å². The van der Waals surface area contributed by atoms with E-state index in [2.05, 4.69) is 98.6 Å². The van der Waals surface area contributed by atoms with Gasteiger partial charge in [0, 0.05) is 10.7 Å². The van der Waals surface area contributed by atoms with Crippen LogP contribution in [0, 0.1) is 0 Å². The Morgan fingerprint density at radius 2 is 1.81 bits per heavy atom. The van der Waals surface area contributed by atoms with Gasteiger partial charge in [0.15, 0.2) is 0 Å². The van der Waals surface area contributed by atoms with E-state index in [9.17, 15) is 0 Å². The molecule has 160 valence electrons. The molecule has 1 N–H and O–H groups in total. The molecule has 0 fully saturated rings. The summed E-state index contributed by atoms with van der Waals surface area (Å²) in [7, 11) is 0. The summed E-state index contributed by atoms with van der Waals surface area (Å²) in [4.78, 5) is 0. The number of rotatable bonds is 10. The maximum Gasteiger partial charge on any atom is 0.0511 e. The highest BCUT2D eigenvalue weighted by Crippen LogP contribution is 2.24. The van der Waals surface area contributed by atoms with E-state index >= 15 is 0 Å². The van der Waals surface area contributed by atoms with Crippen molar-refractivity contribution in [2.24, 2.45) is 0 Å². The van der Waals surface area contributed by atoms with Gasteiger partial charge in [-0.2, -0.15) is 0 Å². The second-order valence-electron chi connectivity index (χ2n) is 7.89. The van der Waals surface area contributed by atoms with Crippen molar-refractivity contribution in [2.75, 3.05) is 0 Å². The van der Waals surface area contributed by atoms with E-state index in [4.69, 9.17) is 11.6 Å². The number of halogens is 1. The van der Waals surface area contributed by atoms with Crippen LogP contribution in [0.4, 0.5) is 0 Å². The minimum Gasteiger partial charge on any atom is -0.378 e. The molecule has 0 spiro atoms. The summed E-state index contributed by atoms with van der Waals surface area (Å²) in [5.74, 6) is 0. The Bertz CT molecular complexity index is 1020. The number of aryl methyl sites for hydroxylation is 2. The summed E-state index contributed by atoms with van der Waals surface area (Å²) in [5, 5.41) is 4.44. The first-order chi connectivity index (χ1) is 15.1. The monoisotopic (exact) mass is 429 g/mol. The molecule has 31 heavy (non-hydrogen) atoms. The Morgan fingerprint density at radius 3 is 2.52 bits per heavy atom. The molecule has 0 aliphatic rings. The maximum atomic E-state index is 6.12. The van der Waals surface area contributed by atoms with Gasteiger partial charge in [-0.1, -0.05) is 91.9 Å². The van der Waals surface area contributed by atoms with Gasteiger partial charge in [-0.25, -0.2) is 0 Å². The van der Waals surface area contributed by atoms with Crippen LogP contribution in [0.25, 0.3) is 11.8 Å². The van der Waals surface area contributed by atoms with Crippen molar-refractivity contribution in [3.8, 4) is 0 Å². The predicted molar refractivity (Wildman–Crippen MR) is 136 cm³/mol. The highest BCUT2D eigenvalue weighted by molar-refractivity contribution is 6.30. The highest BCUT2D eigenvalue weighted by atomic mass is 35.5. The molecule has 1 unspecified atom stereocenters. The largest absolute Gasteiger partial charge is 0.378 e. The summed E-state index contributed by atoms with van der Waals surface area (Å²) in [5.41, 5.74) is 7.32. The molecule has 1 atom stereocenters. The van der Waals surface area contributed by atoms with Gasteiger partial charge in [0.1, 0.15) is 0 Å². The van der Waals surface area contributed by atoms with Crippen molar-refractivity contribution < 1.29 is 0 Å². The van der Waals surface area contributed by atoms with Crippen molar-refractivity contribution >= 4 is 23.4 Å². The molecule has 1 nitrogen and oxygen atoms in total. The highest BCUT2D eigenvalue weighted by Gasteiger charge is 2.11. The Morgan fingerprint density at radius 1 is 1.00 bits per heavy atom. The van der Waals surface area contributed by atoms with Gasteiger partial charge >= 0.3 is 0 Å². The van der Waals surface area contributed by atoms with Gasteiger partial charge in [-0.15, -0.1) is 0 Å². The molecule has 0 saturated carbocycles. The second-order valence-corrected chi connectivity index (χ2v) is 8.33. The van der Waals surface area contributed by atoms with Crippen LogP contribution < -0.4 is 5.32 Å². The fourth-order valence-electron chi connectivity index (χ4n) is 3.92. The third kappa shape index (κ3) is 6.60. The lowest BCUT2D eigenvalue weighted by Crippen LogP contribution is -2.18. The molecule has 3 rings (SSSR count). The van der Waals surface area contributed by atoms with Gasteiger partial charge in [0.25, 0.3) is 0 Å². The Labute approximate surface area is 192 Å². The fraction of sp³-hybridized carbons (Fsp3) is 0.241. The average molecular weight is 430 g/mol. The number of benzene rings is 3. The molecular weight excluding hydrogens is 398 g/mol. The third-order valence-electron chi connectivity index (χ3n) is 5.60. The van der Waals surface area contributed by atoms with Gasteiger partial charge < -0.3 is 5.32 Å². The SMILES string of the molecule is C=C(NC(CC)c1ccccc1)c1ccc(CCCc2cccc(Cl)c2)c(/C=C\C)c1. The number of hydrogen-bond acceptors (Lipinski definition) is 1. The van der Waals surface area contributed by atoms with Crippen molar-refractivity contribution in [1.29, 1.82) is 0 Å². The molecule has 2 heteroatoms. The summed E-state index contributed by atoms with van der Waals surface area (Å²) in [6.07, 6.45) is 8.46. The van der Waals surface area contributed by atoms with Gasteiger partial charge in [0.2, 0.25) is 0 Å². The van der Waals surface area contributed by atoms with Crippen molar-refractivity contribution in [2.45, 2.75) is 45.6 Å². The van der Waals surface area contributed by atoms with E-state index in [0.717, 1.165) is 42.0 Å². The fourth-order valence-corrected chi connectivity index (χ4v) is 4.13. The smallest absolute Gasteiger partial charge is 0.0511 e. The zero-order valence-electron chi connectivity index (χ0n) is 18.6. The molecule has 0 saturated heterocycles. The molecular formula is C29H32ClN. The lowest BCUT2D eigenvalue weighted by Gasteiger charge is -2.21. The van der Waals surface area contributed by atoms with E-state index in [0.29, 0.717) is 0 Å². The minimum absolute atomic E-state index is 0.260. The van der Waals surface area contributed by atoms with Gasteiger partial charge in [0.05, 0.1) is 6.04 Å². The number of nitrogens with one attached hydrogen (secondary N) is 1. The van der Waals surface area contributed by atoms with E-state index in [1.807, 2.05) is 12.1 Å². The predicted octanol–water partition coefficient (Wildman–Crippen LogP) is 8.26. The van der Waals surface area contributed by atoms with Gasteiger partial charge in [-0.3, -0.25) is 0 Å². The summed E-state index contributed by atoms with van der Waals surface area (Å²) in [6.45, 7) is 8.60. The zero-order chi connectivity index (χ0) is 22.1. The molecule has 0 aromatic heterocycles. The Hall–Kier alpha value is -2.77. The molecule has 3 aromatic rings. The standard InChI is InChI=1S/C29H32ClN/c1-4-11-27-21-26(22(3)31-29(5-2)25-14-7-6-8-15-25)19-18-24(27)16-9-12-23-13-10-17-28(30)20-23/h4,6-8,10-11,13-15,17-21,29,31H,3,5,9,12,16H2,1-2H3/b11-4-. The number of allylic oxidation sites excluding steroid dienone is 1. The first kappa shape index (κ1) is 22.9. The third-order valence-corrected chi connectivity index (χ3v) is 5.83. The molecule has 0 amide bonds. The van der Waals surface area contributed by atoms with E-state index in [-0.39, 0.29) is 6.04 Å². The lowest BCUT2D eigenvalue weighted by atomic mass is 9.96. The summed E-state index contributed by atoms with van der Waals surface area (Å²) >= 11 is 6.12. The molecule has 0 bridgehead atoms. The van der Waals surface area contributed by atoms with Gasteiger partial charge in [-0.05, 0) is 78.6 Å². The second kappa shape index (κ2) is 11.6. The van der Waals surface area contributed by atoms with Crippen LogP contribution in [0.15, 0.2) is 85.5 Å². The molecule has 0 heterocycles. The molecule has 0 aliphatic carbocycles. The van der Waals surface area contributed by atoms with E-state index < -0.39 is 0 Å². The van der Waals surface area contributed by atoms with Crippen LogP contribution >= 0.6 is 11.6 Å². The summed E-state index contributed by atoms with van der Waals surface area (Å²) < 4.78 is 0. The van der Waals surface area contributed by atoms with Crippen LogP contribution in [-0.4, -0.2) is 0 Å². The van der Waals surface area contributed by atoms with Crippen molar-refractivity contribution in [3.63, 3.8) is 0 Å². The Kier molecular flexibility index (Phi) is 8.55. The normalized spacial score (nSPS) is 12.1. The molecule has 0 aliphatic heterocycles. The number of hydrogen-bond donors (Lipinski definition) is 1. The lowest BCUT2D eigenvalue weighted by molar-refractivity contribution is 0.614. The first-order valence-electron chi connectivity index (χ1n) is 11.1. The van der Waals surface area contributed by atoms with Crippen LogP contribution in [0.2, 0.25) is 5.02 Å². The minimum atomic E-state index is 0.260. The van der Waals surface area contributed by atoms with E-state index in [1.54, 1.807) is 0 Å². The van der Waals surface area contributed by atoms with Crippen LogP contribution in [-0.2, 0) is 12.8 Å². The zero-order valence-corrected chi connectivity index (χ0v) is 19.3. The maximum absolute atomic E-state index is 6.12. The molecule has 3 aromatic carbocycles.